The first-order valence-corrected chi connectivity index (χ1v) is 6.03. The fraction of sp³-hybridized carbons (Fsp3) is 0.455. The van der Waals surface area contributed by atoms with Crippen molar-refractivity contribution in [2.24, 2.45) is 0 Å². The van der Waals surface area contributed by atoms with Gasteiger partial charge in [-0.15, -0.1) is 0 Å². The number of H-pyrrole nitrogens is 1. The van der Waals surface area contributed by atoms with Gasteiger partial charge in [-0.3, -0.25) is 19.1 Å². The monoisotopic (exact) mass is 316 g/mol. The third kappa shape index (κ3) is 2.57. The van der Waals surface area contributed by atoms with E-state index in [9.17, 15) is 29.4 Å². The Morgan fingerprint density at radius 2 is 1.91 bits per heavy atom. The Labute approximate surface area is 121 Å². The van der Waals surface area contributed by atoms with Gasteiger partial charge in [-0.05, 0) is 0 Å². The Hall–Kier alpha value is -2.34. The van der Waals surface area contributed by atoms with Crippen LogP contribution < -0.4 is 11.2 Å². The Morgan fingerprint density at radius 3 is 2.41 bits per heavy atom. The van der Waals surface area contributed by atoms with Gasteiger partial charge in [-0.25, -0.2) is 9.59 Å². The Balaban J connectivity index is 2.51. The Morgan fingerprint density at radius 1 is 1.27 bits per heavy atom. The second-order valence-electron chi connectivity index (χ2n) is 4.57. The number of aliphatic hydroxyl groups is 3. The number of hydrogen-bond acceptors (Lipinski definition) is 8. The van der Waals surface area contributed by atoms with E-state index in [0.717, 1.165) is 0 Å². The van der Waals surface area contributed by atoms with Gasteiger partial charge in [-0.1, -0.05) is 0 Å². The normalized spacial score (nSPS) is 27.8. The molecule has 2 unspecified atom stereocenters. The van der Waals surface area contributed by atoms with Gasteiger partial charge >= 0.3 is 11.7 Å². The molecule has 2 rings (SSSR count). The first-order valence-electron chi connectivity index (χ1n) is 6.03. The van der Waals surface area contributed by atoms with Crippen LogP contribution in [0.3, 0.4) is 0 Å². The smallest absolute Gasteiger partial charge is 0.377 e. The lowest BCUT2D eigenvalue weighted by Gasteiger charge is -2.17. The van der Waals surface area contributed by atoms with E-state index in [-0.39, 0.29) is 0 Å². The molecule has 2 heterocycles. The average molecular weight is 316 g/mol. The molecule has 1 aliphatic heterocycles. The Kier molecular flexibility index (Phi) is 4.23. The number of hydrogen-bond donors (Lipinski definition) is 5. The number of carboxylic acid groups (broad SMARTS) is 1. The van der Waals surface area contributed by atoms with E-state index in [1.165, 1.54) is 0 Å². The molecule has 11 nitrogen and oxygen atoms in total. The number of ether oxygens (including phenoxy) is 1. The molecule has 5 N–H and O–H groups in total. The molecule has 22 heavy (non-hydrogen) atoms. The van der Waals surface area contributed by atoms with Crippen molar-refractivity contribution in [1.29, 1.82) is 0 Å². The van der Waals surface area contributed by atoms with E-state index in [1.54, 1.807) is 4.98 Å². The maximum Gasteiger partial charge on any atom is 0.377 e. The third-order valence-electron chi connectivity index (χ3n) is 3.20. The fourth-order valence-corrected chi connectivity index (χ4v) is 2.06. The van der Waals surface area contributed by atoms with Crippen LogP contribution in [-0.4, -0.2) is 66.6 Å². The topological polar surface area (TPSA) is 179 Å². The molecule has 0 radical (unpaired) electrons. The molecule has 0 aromatic carbocycles. The minimum absolute atomic E-state index is 0.571. The SMILES string of the molecule is O=C(O)C(=O)c1cn([C@H]2O[C@@H](CO)C(O)C2O)c(=O)[nH]c1=O. The van der Waals surface area contributed by atoms with E-state index in [2.05, 4.69) is 0 Å². The van der Waals surface area contributed by atoms with Crippen molar-refractivity contribution in [3.05, 3.63) is 32.6 Å². The highest BCUT2D eigenvalue weighted by Crippen LogP contribution is 2.27. The lowest BCUT2D eigenvalue weighted by molar-refractivity contribution is -0.131. The summed E-state index contributed by atoms with van der Waals surface area (Å²) in [6, 6.07) is 0. The molecule has 1 fully saturated rings. The predicted molar refractivity (Wildman–Crippen MR) is 66.3 cm³/mol. The van der Waals surface area contributed by atoms with Gasteiger partial charge in [-0.2, -0.15) is 0 Å². The average Bonchev–Trinajstić information content (AvgIpc) is 2.74. The third-order valence-corrected chi connectivity index (χ3v) is 3.20. The van der Waals surface area contributed by atoms with Crippen LogP contribution in [0.25, 0.3) is 0 Å². The first-order chi connectivity index (χ1) is 10.3. The quantitative estimate of drug-likeness (QED) is 0.277. The van der Waals surface area contributed by atoms with Crippen molar-refractivity contribution in [2.75, 3.05) is 6.61 Å². The summed E-state index contributed by atoms with van der Waals surface area (Å²) in [4.78, 5) is 47.0. The number of Topliss-reactive ketones (excluding diaryl/α,β-unsaturated/α-hetero) is 1. The van der Waals surface area contributed by atoms with Crippen LogP contribution in [0.5, 0.6) is 0 Å². The molecule has 1 aliphatic rings. The van der Waals surface area contributed by atoms with Gasteiger partial charge in [0, 0.05) is 6.20 Å². The van der Waals surface area contributed by atoms with E-state index in [1.807, 2.05) is 0 Å². The number of carbonyl (C=O) groups is 2. The van der Waals surface area contributed by atoms with Crippen LogP contribution in [0.15, 0.2) is 15.8 Å². The molecule has 0 saturated carbocycles. The summed E-state index contributed by atoms with van der Waals surface area (Å²) in [5.41, 5.74) is -3.13. The zero-order chi connectivity index (χ0) is 16.6. The molecular formula is C11H12N2O9. The lowest BCUT2D eigenvalue weighted by Crippen LogP contribution is -2.40. The summed E-state index contributed by atoms with van der Waals surface area (Å²) in [6.45, 7) is -0.645. The highest BCUT2D eigenvalue weighted by Gasteiger charge is 2.44. The summed E-state index contributed by atoms with van der Waals surface area (Å²) in [5, 5.41) is 37.0. The molecule has 0 aliphatic carbocycles. The number of aromatic nitrogens is 2. The van der Waals surface area contributed by atoms with Crippen LogP contribution in [0.2, 0.25) is 0 Å². The van der Waals surface area contributed by atoms with Gasteiger partial charge in [0.05, 0.1) is 6.61 Å². The maximum absolute atomic E-state index is 11.7. The molecule has 0 bridgehead atoms. The summed E-state index contributed by atoms with van der Waals surface area (Å²) in [6.07, 6.45) is -5.20. The minimum Gasteiger partial charge on any atom is -0.475 e. The number of nitrogens with one attached hydrogen (secondary N) is 1. The number of carbonyl (C=O) groups excluding carboxylic acids is 1. The van der Waals surface area contributed by atoms with Crippen molar-refractivity contribution in [3.8, 4) is 0 Å². The van der Waals surface area contributed by atoms with Crippen molar-refractivity contribution in [2.45, 2.75) is 24.5 Å². The second-order valence-corrected chi connectivity index (χ2v) is 4.57. The van der Waals surface area contributed by atoms with Crippen molar-refractivity contribution < 1.29 is 34.8 Å². The van der Waals surface area contributed by atoms with Crippen molar-refractivity contribution in [3.63, 3.8) is 0 Å². The zero-order valence-corrected chi connectivity index (χ0v) is 10.9. The zero-order valence-electron chi connectivity index (χ0n) is 10.9. The highest BCUT2D eigenvalue weighted by molar-refractivity contribution is 6.39. The number of rotatable bonds is 4. The molecular weight excluding hydrogens is 304 g/mol. The summed E-state index contributed by atoms with van der Waals surface area (Å²) < 4.78 is 5.64. The molecule has 4 atom stereocenters. The fourth-order valence-electron chi connectivity index (χ4n) is 2.06. The van der Waals surface area contributed by atoms with Gasteiger partial charge < -0.3 is 25.2 Å². The highest BCUT2D eigenvalue weighted by atomic mass is 16.6. The van der Waals surface area contributed by atoms with Crippen LogP contribution >= 0.6 is 0 Å². The minimum atomic E-state index is -1.91. The number of aliphatic carboxylic acids is 1. The standard InChI is InChI=1S/C11H12N2O9/c14-2-4-6(16)7(17)9(22-4)13-1-3(5(15)10(19)20)8(18)12-11(13)21/h1,4,6-7,9,14,16-17H,2H2,(H,19,20)(H,12,18,21)/t4-,6?,7?,9-/m0/s1. The van der Waals surface area contributed by atoms with Gasteiger partial charge in [0.15, 0.2) is 6.23 Å². The molecule has 1 aromatic heterocycles. The van der Waals surface area contributed by atoms with Crippen LogP contribution in [0, 0.1) is 0 Å². The van der Waals surface area contributed by atoms with E-state index in [4.69, 9.17) is 14.9 Å². The molecule has 0 amide bonds. The first kappa shape index (κ1) is 16.0. The van der Waals surface area contributed by atoms with E-state index >= 15 is 0 Å². The van der Waals surface area contributed by atoms with E-state index in [0.29, 0.717) is 10.8 Å². The molecule has 1 saturated heterocycles. The number of aliphatic hydroxyl groups excluding tert-OH is 3. The molecule has 11 heteroatoms. The van der Waals surface area contributed by atoms with E-state index < -0.39 is 59.7 Å². The van der Waals surface area contributed by atoms with Crippen LogP contribution in [-0.2, 0) is 9.53 Å². The molecule has 120 valence electrons. The number of carboxylic acids is 1. The number of aromatic amines is 1. The Bertz CT molecular complexity index is 721. The summed E-state index contributed by atoms with van der Waals surface area (Å²) >= 11 is 0. The van der Waals surface area contributed by atoms with Gasteiger partial charge in [0.2, 0.25) is 0 Å². The molecule has 0 spiro atoms. The van der Waals surface area contributed by atoms with Crippen LogP contribution in [0.4, 0.5) is 0 Å². The second kappa shape index (κ2) is 5.81. The summed E-state index contributed by atoms with van der Waals surface area (Å²) in [5.74, 6) is -3.46. The maximum atomic E-state index is 11.7. The number of nitrogens with zero attached hydrogens (tertiary/aromatic N) is 1. The van der Waals surface area contributed by atoms with Crippen molar-refractivity contribution >= 4 is 11.8 Å². The summed E-state index contributed by atoms with van der Waals surface area (Å²) in [7, 11) is 0. The largest absolute Gasteiger partial charge is 0.475 e. The molecule has 1 aromatic rings. The van der Waals surface area contributed by atoms with Gasteiger partial charge in [0.1, 0.15) is 23.9 Å². The number of ketones is 1. The predicted octanol–water partition coefficient (Wildman–Crippen LogP) is -3.58. The van der Waals surface area contributed by atoms with Crippen LogP contribution in [0.1, 0.15) is 16.6 Å². The lowest BCUT2D eigenvalue weighted by atomic mass is 10.1. The van der Waals surface area contributed by atoms with Gasteiger partial charge in [0.25, 0.3) is 11.3 Å². The van der Waals surface area contributed by atoms with Crippen molar-refractivity contribution in [1.82, 2.24) is 9.55 Å².